The molecule has 2 N–H and O–H groups in total. The summed E-state index contributed by atoms with van der Waals surface area (Å²) in [5.74, 6) is 0. The second kappa shape index (κ2) is 11.3. The first-order valence-corrected chi connectivity index (χ1v) is 13.6. The molecule has 0 aliphatic heterocycles. The molecule has 0 bridgehead atoms. The molecule has 37 heavy (non-hydrogen) atoms. The highest BCUT2D eigenvalue weighted by Crippen LogP contribution is 2.32. The molecule has 0 saturated heterocycles. The molecular weight excluding hydrogens is 536 g/mol. The van der Waals surface area contributed by atoms with Gasteiger partial charge in [0.05, 0.1) is 19.6 Å². The Morgan fingerprint density at radius 2 is 0.919 bits per heavy atom. The predicted octanol–water partition coefficient (Wildman–Crippen LogP) is 6.57. The van der Waals surface area contributed by atoms with E-state index in [0.717, 1.165) is 23.9 Å². The normalized spacial score (nSPS) is 11.0. The fourth-order valence-electron chi connectivity index (χ4n) is 3.16. The molecule has 13 heteroatoms. The molecule has 4 aromatic rings. The molecule has 10 nitrogen and oxygen atoms in total. The Hall–Kier alpha value is -4.07. The highest BCUT2D eigenvalue weighted by molar-refractivity contribution is 8.01. The minimum Gasteiger partial charge on any atom is -0.325 e. The lowest BCUT2D eigenvalue weighted by Crippen LogP contribution is -2.02. The van der Waals surface area contributed by atoms with Crippen molar-refractivity contribution in [3.05, 3.63) is 117 Å². The van der Waals surface area contributed by atoms with E-state index in [0.29, 0.717) is 21.2 Å². The second-order valence-electron chi connectivity index (χ2n) is 7.41. The number of nitrogens with one attached hydrogen (secondary N) is 2. The maximum absolute atomic E-state index is 13.1. The third-order valence-electron chi connectivity index (χ3n) is 5.01. The van der Waals surface area contributed by atoms with E-state index in [1.807, 2.05) is 0 Å². The van der Waals surface area contributed by atoms with Gasteiger partial charge in [-0.1, -0.05) is 24.3 Å². The van der Waals surface area contributed by atoms with E-state index in [1.165, 1.54) is 36.4 Å². The van der Waals surface area contributed by atoms with Gasteiger partial charge in [-0.2, -0.15) is 0 Å². The van der Waals surface area contributed by atoms with Crippen molar-refractivity contribution in [3.63, 3.8) is 0 Å². The maximum atomic E-state index is 13.1. The van der Waals surface area contributed by atoms with Crippen molar-refractivity contribution < 1.29 is 18.3 Å². The molecule has 0 heterocycles. The van der Waals surface area contributed by atoms with Gasteiger partial charge >= 0.3 is 0 Å². The van der Waals surface area contributed by atoms with Gasteiger partial charge in [-0.15, -0.1) is 0 Å². The second-order valence-corrected chi connectivity index (χ2v) is 11.1. The van der Waals surface area contributed by atoms with Crippen LogP contribution >= 0.6 is 23.9 Å². The smallest absolute Gasteiger partial charge is 0.284 e. The van der Waals surface area contributed by atoms with Crippen LogP contribution in [0.5, 0.6) is 0 Å². The summed E-state index contributed by atoms with van der Waals surface area (Å²) < 4.78 is 32.1. The largest absolute Gasteiger partial charge is 0.325 e. The molecule has 0 radical (unpaired) electrons. The highest BCUT2D eigenvalue weighted by Gasteiger charge is 2.18. The molecule has 0 aliphatic rings. The van der Waals surface area contributed by atoms with Crippen LogP contribution in [-0.2, 0) is 9.84 Å². The number of nitro benzene ring substituents is 2. The van der Waals surface area contributed by atoms with Gasteiger partial charge < -0.3 is 9.44 Å². The van der Waals surface area contributed by atoms with Crippen molar-refractivity contribution in [2.24, 2.45) is 0 Å². The molecule has 4 rings (SSSR count). The predicted molar refractivity (Wildman–Crippen MR) is 143 cm³/mol. The van der Waals surface area contributed by atoms with Crippen molar-refractivity contribution in [1.82, 2.24) is 0 Å². The number of hydrogen-bond acceptors (Lipinski definition) is 10. The monoisotopic (exact) mass is 554 g/mol. The van der Waals surface area contributed by atoms with Gasteiger partial charge in [0.1, 0.15) is 9.79 Å². The van der Waals surface area contributed by atoms with E-state index >= 15 is 0 Å². The summed E-state index contributed by atoms with van der Waals surface area (Å²) in [7, 11) is -3.79. The van der Waals surface area contributed by atoms with Crippen molar-refractivity contribution in [2.45, 2.75) is 19.6 Å². The fourth-order valence-corrected chi connectivity index (χ4v) is 5.93. The summed E-state index contributed by atoms with van der Waals surface area (Å²) in [6.45, 7) is 0. The number of nitro groups is 2. The van der Waals surface area contributed by atoms with Crippen LogP contribution in [0.3, 0.4) is 0 Å². The molecule has 0 unspecified atom stereocenters. The minimum atomic E-state index is -3.79. The van der Waals surface area contributed by atoms with Crippen molar-refractivity contribution in [3.8, 4) is 0 Å². The first-order chi connectivity index (χ1) is 17.8. The summed E-state index contributed by atoms with van der Waals surface area (Å²) in [5, 5.41) is 22.3. The lowest BCUT2D eigenvalue weighted by atomic mass is 10.3. The summed E-state index contributed by atoms with van der Waals surface area (Å²) in [6, 6.07) is 24.7. The van der Waals surface area contributed by atoms with E-state index in [9.17, 15) is 28.6 Å². The first kappa shape index (κ1) is 26.0. The van der Waals surface area contributed by atoms with E-state index < -0.39 is 19.7 Å². The summed E-state index contributed by atoms with van der Waals surface area (Å²) in [6.07, 6.45) is 0. The summed E-state index contributed by atoms with van der Waals surface area (Å²) in [5.41, 5.74) is 1.09. The van der Waals surface area contributed by atoms with Gasteiger partial charge in [-0.05, 0) is 84.6 Å². The number of hydrogen-bond donors (Lipinski definition) is 2. The molecule has 0 aromatic heterocycles. The molecule has 0 amide bonds. The third-order valence-corrected chi connectivity index (χ3v) is 8.60. The van der Waals surface area contributed by atoms with E-state index in [1.54, 1.807) is 60.7 Å². The quantitative estimate of drug-likeness (QED) is 0.125. The molecule has 0 fully saturated rings. The zero-order chi connectivity index (χ0) is 26.4. The van der Waals surface area contributed by atoms with Crippen LogP contribution in [-0.4, -0.2) is 18.3 Å². The zero-order valence-corrected chi connectivity index (χ0v) is 21.3. The van der Waals surface area contributed by atoms with Crippen LogP contribution in [0.15, 0.2) is 117 Å². The average Bonchev–Trinajstić information content (AvgIpc) is 2.91. The Morgan fingerprint density at radius 3 is 1.27 bits per heavy atom. The van der Waals surface area contributed by atoms with Gasteiger partial charge in [-0.25, -0.2) is 8.42 Å². The number of rotatable bonds is 10. The van der Waals surface area contributed by atoms with Crippen LogP contribution in [0.4, 0.5) is 22.7 Å². The van der Waals surface area contributed by atoms with E-state index in [-0.39, 0.29) is 21.2 Å². The lowest BCUT2D eigenvalue weighted by Gasteiger charge is -2.09. The number of anilines is 2. The Morgan fingerprint density at radius 1 is 0.568 bits per heavy atom. The maximum Gasteiger partial charge on any atom is 0.284 e. The van der Waals surface area contributed by atoms with E-state index in [4.69, 9.17) is 0 Å². The van der Waals surface area contributed by atoms with Crippen LogP contribution in [0.25, 0.3) is 0 Å². The molecule has 0 aliphatic carbocycles. The number of nitrogens with zero attached hydrogens (tertiary/aromatic N) is 2. The number of sulfone groups is 1. The minimum absolute atomic E-state index is 0.0301. The lowest BCUT2D eigenvalue weighted by molar-refractivity contribution is -0.387. The van der Waals surface area contributed by atoms with E-state index in [2.05, 4.69) is 9.44 Å². The van der Waals surface area contributed by atoms with Gasteiger partial charge in [-0.3, -0.25) is 20.2 Å². The molecule has 0 saturated carbocycles. The van der Waals surface area contributed by atoms with Crippen LogP contribution in [0.2, 0.25) is 0 Å². The molecular formula is C24H18N4O6S3. The highest BCUT2D eigenvalue weighted by atomic mass is 32.2. The van der Waals surface area contributed by atoms with Gasteiger partial charge in [0.2, 0.25) is 9.84 Å². The van der Waals surface area contributed by atoms with Crippen LogP contribution in [0.1, 0.15) is 0 Å². The Labute approximate surface area is 220 Å². The van der Waals surface area contributed by atoms with Crippen LogP contribution in [0, 0.1) is 20.2 Å². The molecule has 188 valence electrons. The first-order valence-electron chi connectivity index (χ1n) is 10.5. The molecule has 4 aromatic carbocycles. The average molecular weight is 555 g/mol. The Balaban J connectivity index is 1.41. The summed E-state index contributed by atoms with van der Waals surface area (Å²) in [4.78, 5) is 22.4. The number of para-hydroxylation sites is 2. The van der Waals surface area contributed by atoms with Crippen molar-refractivity contribution in [2.75, 3.05) is 9.44 Å². The molecule has 0 atom stereocenters. The SMILES string of the molecule is O=[N+]([O-])c1ccccc1SNc1ccc(S(=O)(=O)c2ccc(NSc3ccccc3[N+](=O)[O-])cc2)cc1. The number of benzene rings is 4. The third kappa shape index (κ3) is 6.20. The zero-order valence-electron chi connectivity index (χ0n) is 18.8. The molecule has 0 spiro atoms. The Kier molecular flexibility index (Phi) is 7.96. The van der Waals surface area contributed by atoms with Crippen LogP contribution < -0.4 is 9.44 Å². The van der Waals surface area contributed by atoms with Gasteiger partial charge in [0.15, 0.2) is 0 Å². The summed E-state index contributed by atoms with van der Waals surface area (Å²) >= 11 is 2.12. The van der Waals surface area contributed by atoms with Gasteiger partial charge in [0, 0.05) is 23.5 Å². The topological polar surface area (TPSA) is 144 Å². The van der Waals surface area contributed by atoms with Crippen molar-refractivity contribution >= 4 is 56.5 Å². The standard InChI is InChI=1S/C24H18N4O6S3/c29-27(30)21-5-1-3-7-23(21)35-25-17-9-13-19(14-10-17)37(33,34)20-15-11-18(12-16-20)26-36-24-8-4-2-6-22(24)28(31)32/h1-16,25-26H. The Bertz CT molecular complexity index is 1430. The van der Waals surface area contributed by atoms with Gasteiger partial charge in [0.25, 0.3) is 11.4 Å². The fraction of sp³-hybridized carbons (Fsp3) is 0. The van der Waals surface area contributed by atoms with Crippen molar-refractivity contribution in [1.29, 1.82) is 0 Å².